The number of hydrogen-bond acceptors (Lipinski definition) is 6. The van der Waals surface area contributed by atoms with Gasteiger partial charge in [-0.1, -0.05) is 24.3 Å². The van der Waals surface area contributed by atoms with Crippen LogP contribution in [0.3, 0.4) is 0 Å². The van der Waals surface area contributed by atoms with Crippen molar-refractivity contribution in [1.82, 2.24) is 5.01 Å². The first-order valence-corrected chi connectivity index (χ1v) is 10.3. The summed E-state index contributed by atoms with van der Waals surface area (Å²) >= 11 is 1.40. The minimum Gasteiger partial charge on any atom is -0.497 e. The highest BCUT2D eigenvalue weighted by molar-refractivity contribution is 7.12. The number of ether oxygens (including phenoxy) is 3. The average Bonchev–Trinajstić information content (AvgIpc) is 3.48. The Morgan fingerprint density at radius 3 is 2.50 bits per heavy atom. The van der Waals surface area contributed by atoms with Crippen LogP contribution in [-0.4, -0.2) is 38.0 Å². The van der Waals surface area contributed by atoms with E-state index in [-0.39, 0.29) is 11.9 Å². The van der Waals surface area contributed by atoms with Crippen molar-refractivity contribution in [1.29, 1.82) is 0 Å². The zero-order valence-electron chi connectivity index (χ0n) is 17.0. The largest absolute Gasteiger partial charge is 0.497 e. The lowest BCUT2D eigenvalue weighted by Crippen LogP contribution is -2.26. The number of thiophene rings is 1. The lowest BCUT2D eigenvalue weighted by Gasteiger charge is -2.23. The van der Waals surface area contributed by atoms with Crippen molar-refractivity contribution >= 4 is 23.0 Å². The van der Waals surface area contributed by atoms with Crippen LogP contribution in [0.25, 0.3) is 0 Å². The number of methoxy groups -OCH3 is 3. The SMILES string of the molecule is COc1ccc(C2=NN(C(=O)c3cccs3)[C@@H](c3ccccc3OC)C2)c(OC)c1. The molecule has 0 N–H and O–H groups in total. The normalized spacial score (nSPS) is 15.6. The van der Waals surface area contributed by atoms with Crippen molar-refractivity contribution in [2.24, 2.45) is 5.10 Å². The predicted octanol–water partition coefficient (Wildman–Crippen LogP) is 4.77. The fraction of sp³-hybridized carbons (Fsp3) is 0.217. The van der Waals surface area contributed by atoms with E-state index in [9.17, 15) is 4.79 Å². The summed E-state index contributed by atoms with van der Waals surface area (Å²) in [6, 6.07) is 16.7. The summed E-state index contributed by atoms with van der Waals surface area (Å²) < 4.78 is 16.4. The van der Waals surface area contributed by atoms with Crippen LogP contribution in [0.15, 0.2) is 65.1 Å². The topological polar surface area (TPSA) is 60.4 Å². The van der Waals surface area contributed by atoms with Crippen molar-refractivity contribution in [3.8, 4) is 17.2 Å². The van der Waals surface area contributed by atoms with Crippen molar-refractivity contribution in [2.45, 2.75) is 12.5 Å². The second-order valence-electron chi connectivity index (χ2n) is 6.70. The molecule has 0 radical (unpaired) electrons. The molecular weight excluding hydrogens is 400 g/mol. The minimum absolute atomic E-state index is 0.136. The molecule has 3 aromatic rings. The van der Waals surface area contributed by atoms with E-state index in [1.54, 1.807) is 26.3 Å². The molecule has 1 aromatic heterocycles. The van der Waals surface area contributed by atoms with Gasteiger partial charge in [0.15, 0.2) is 0 Å². The minimum atomic E-state index is -0.280. The van der Waals surface area contributed by atoms with Crippen LogP contribution in [-0.2, 0) is 0 Å². The molecule has 1 aliphatic rings. The first-order chi connectivity index (χ1) is 14.7. The summed E-state index contributed by atoms with van der Waals surface area (Å²) in [4.78, 5) is 13.9. The summed E-state index contributed by atoms with van der Waals surface area (Å²) in [6.07, 6.45) is 0.542. The van der Waals surface area contributed by atoms with E-state index >= 15 is 0 Å². The third-order valence-corrected chi connectivity index (χ3v) is 5.93. The molecule has 1 aliphatic heterocycles. The molecule has 30 heavy (non-hydrogen) atoms. The fourth-order valence-corrected chi connectivity index (χ4v) is 4.25. The van der Waals surface area contributed by atoms with Gasteiger partial charge >= 0.3 is 0 Å². The molecule has 0 bridgehead atoms. The number of benzene rings is 2. The molecule has 1 atom stereocenters. The van der Waals surface area contributed by atoms with Crippen LogP contribution >= 0.6 is 11.3 Å². The number of nitrogens with zero attached hydrogens (tertiary/aromatic N) is 2. The first kappa shape index (κ1) is 20.0. The molecule has 2 aromatic carbocycles. The Kier molecular flexibility index (Phi) is 5.72. The Labute approximate surface area is 179 Å². The molecule has 4 rings (SSSR count). The Bertz CT molecular complexity index is 1080. The van der Waals surface area contributed by atoms with Gasteiger partial charge < -0.3 is 14.2 Å². The molecule has 154 valence electrons. The highest BCUT2D eigenvalue weighted by atomic mass is 32.1. The van der Waals surface area contributed by atoms with Gasteiger partial charge in [0.1, 0.15) is 17.2 Å². The summed E-state index contributed by atoms with van der Waals surface area (Å²) in [5.74, 6) is 1.94. The lowest BCUT2D eigenvalue weighted by molar-refractivity contribution is 0.0714. The van der Waals surface area contributed by atoms with Gasteiger partial charge in [0, 0.05) is 23.6 Å². The maximum Gasteiger partial charge on any atom is 0.284 e. The maximum atomic E-state index is 13.3. The van der Waals surface area contributed by atoms with Crippen LogP contribution in [0.5, 0.6) is 17.2 Å². The van der Waals surface area contributed by atoms with Crippen LogP contribution in [0.2, 0.25) is 0 Å². The van der Waals surface area contributed by atoms with E-state index in [2.05, 4.69) is 0 Å². The number of para-hydroxylation sites is 1. The third-order valence-electron chi connectivity index (χ3n) is 5.07. The number of hydrogen-bond donors (Lipinski definition) is 0. The first-order valence-electron chi connectivity index (χ1n) is 9.46. The van der Waals surface area contributed by atoms with E-state index in [1.807, 2.05) is 60.0 Å². The van der Waals surface area contributed by atoms with Gasteiger partial charge in [-0.25, -0.2) is 5.01 Å². The molecule has 0 saturated heterocycles. The smallest absolute Gasteiger partial charge is 0.284 e. The van der Waals surface area contributed by atoms with Crippen LogP contribution in [0, 0.1) is 0 Å². The Hall–Kier alpha value is -3.32. The zero-order valence-corrected chi connectivity index (χ0v) is 17.8. The average molecular weight is 423 g/mol. The van der Waals surface area contributed by atoms with Gasteiger partial charge in [0.25, 0.3) is 5.91 Å². The third kappa shape index (κ3) is 3.64. The molecule has 0 saturated carbocycles. The highest BCUT2D eigenvalue weighted by Crippen LogP contribution is 2.40. The summed E-state index contributed by atoms with van der Waals surface area (Å²) in [7, 11) is 4.86. The molecule has 0 spiro atoms. The zero-order chi connectivity index (χ0) is 21.1. The van der Waals surface area contributed by atoms with E-state index in [0.29, 0.717) is 22.8 Å². The van der Waals surface area contributed by atoms with Crippen molar-refractivity contribution in [2.75, 3.05) is 21.3 Å². The van der Waals surface area contributed by atoms with Gasteiger partial charge in [-0.15, -0.1) is 11.3 Å². The monoisotopic (exact) mass is 422 g/mol. The van der Waals surface area contributed by atoms with Crippen LogP contribution in [0.1, 0.15) is 33.3 Å². The number of carbonyl (C=O) groups excluding carboxylic acids is 1. The van der Waals surface area contributed by atoms with Gasteiger partial charge in [0.2, 0.25) is 0 Å². The number of rotatable bonds is 6. The van der Waals surface area contributed by atoms with Crippen molar-refractivity contribution in [3.05, 3.63) is 76.0 Å². The van der Waals surface area contributed by atoms with Gasteiger partial charge in [0.05, 0.1) is 38.0 Å². The maximum absolute atomic E-state index is 13.3. The predicted molar refractivity (Wildman–Crippen MR) is 117 cm³/mol. The van der Waals surface area contributed by atoms with E-state index in [0.717, 1.165) is 22.6 Å². The molecule has 0 fully saturated rings. The lowest BCUT2D eigenvalue weighted by atomic mass is 9.97. The van der Waals surface area contributed by atoms with Crippen molar-refractivity contribution in [3.63, 3.8) is 0 Å². The van der Waals surface area contributed by atoms with Gasteiger partial charge in [-0.3, -0.25) is 4.79 Å². The van der Waals surface area contributed by atoms with Crippen LogP contribution < -0.4 is 14.2 Å². The quantitative estimate of drug-likeness (QED) is 0.574. The Morgan fingerprint density at radius 1 is 1.00 bits per heavy atom. The Morgan fingerprint density at radius 2 is 1.80 bits per heavy atom. The Balaban J connectivity index is 1.78. The van der Waals surface area contributed by atoms with Crippen molar-refractivity contribution < 1.29 is 19.0 Å². The summed E-state index contributed by atoms with van der Waals surface area (Å²) in [6.45, 7) is 0. The summed E-state index contributed by atoms with van der Waals surface area (Å²) in [5.41, 5.74) is 2.52. The molecule has 1 amide bonds. The van der Waals surface area contributed by atoms with Gasteiger partial charge in [-0.2, -0.15) is 5.10 Å². The second kappa shape index (κ2) is 8.59. The van der Waals surface area contributed by atoms with E-state index in [4.69, 9.17) is 19.3 Å². The molecule has 0 unspecified atom stereocenters. The standard InChI is InChI=1S/C23H22N2O4S/c1-27-15-10-11-16(21(13-15)29-3)18-14-19(17-7-4-5-8-20(17)28-2)25(24-18)23(26)22-9-6-12-30-22/h4-13,19H,14H2,1-3H3/t19-/m1/s1. The van der Waals surface area contributed by atoms with Crippen LogP contribution in [0.4, 0.5) is 0 Å². The molecule has 7 heteroatoms. The van der Waals surface area contributed by atoms with Gasteiger partial charge in [-0.05, 0) is 29.6 Å². The number of hydrazone groups is 1. The molecule has 0 aliphatic carbocycles. The molecular formula is C23H22N2O4S. The highest BCUT2D eigenvalue weighted by Gasteiger charge is 2.36. The summed E-state index contributed by atoms with van der Waals surface area (Å²) in [5, 5.41) is 8.19. The number of carbonyl (C=O) groups is 1. The van der Waals surface area contributed by atoms with E-state index in [1.165, 1.54) is 11.3 Å². The molecule has 6 nitrogen and oxygen atoms in total. The molecule has 2 heterocycles. The second-order valence-corrected chi connectivity index (χ2v) is 7.65. The van der Waals surface area contributed by atoms with E-state index < -0.39 is 0 Å². The number of amides is 1. The fourth-order valence-electron chi connectivity index (χ4n) is 3.59.